The number of rotatable bonds is 6. The van der Waals surface area contributed by atoms with Gasteiger partial charge < -0.3 is 21.1 Å². The van der Waals surface area contributed by atoms with Gasteiger partial charge in [0.25, 0.3) is 5.91 Å². The summed E-state index contributed by atoms with van der Waals surface area (Å²) in [5.41, 5.74) is 6.69. The molecule has 2 aromatic carbocycles. The van der Waals surface area contributed by atoms with Gasteiger partial charge in [-0.05, 0) is 37.3 Å². The summed E-state index contributed by atoms with van der Waals surface area (Å²) in [6, 6.07) is 10.9. The lowest BCUT2D eigenvalue weighted by Gasteiger charge is -2.12. The van der Waals surface area contributed by atoms with E-state index in [-0.39, 0.29) is 24.5 Å². The molecule has 0 saturated carbocycles. The van der Waals surface area contributed by atoms with E-state index in [9.17, 15) is 14.0 Å². The summed E-state index contributed by atoms with van der Waals surface area (Å²) in [4.78, 5) is 23.4. The number of nitrogens with two attached hydrogens (primary N) is 1. The molecule has 2 amide bonds. The molecule has 0 radical (unpaired) electrons. The van der Waals surface area contributed by atoms with Gasteiger partial charge in [0.2, 0.25) is 5.91 Å². The van der Waals surface area contributed by atoms with Crippen LogP contribution in [0.1, 0.15) is 5.56 Å². The number of hydrogen-bond acceptors (Lipinski definition) is 4. The maximum atomic E-state index is 13.3. The summed E-state index contributed by atoms with van der Waals surface area (Å²) in [5.74, 6) is -0.917. The summed E-state index contributed by atoms with van der Waals surface area (Å²) in [6.45, 7) is 1.48. The van der Waals surface area contributed by atoms with Crippen LogP contribution < -0.4 is 21.1 Å². The van der Waals surface area contributed by atoms with Crippen LogP contribution in [0.15, 0.2) is 42.5 Å². The lowest BCUT2D eigenvalue weighted by atomic mass is 10.2. The molecule has 4 N–H and O–H groups in total. The minimum absolute atomic E-state index is 0.133. The Hall–Kier alpha value is -2.93. The standard InChI is InChI=1S/C17H18FN3O3/c1-11-2-5-13(6-3-11)24-10-17(23)20-14-7-4-12(18)8-15(14)21-16(22)9-19/h2-8H,9-10,19H2,1H3,(H,20,23)(H,21,22). The third-order valence-electron chi connectivity index (χ3n) is 3.11. The second-order valence-electron chi connectivity index (χ2n) is 5.09. The maximum Gasteiger partial charge on any atom is 0.262 e. The molecule has 6 nitrogen and oxygen atoms in total. The Morgan fingerprint density at radius 1 is 1.04 bits per heavy atom. The van der Waals surface area contributed by atoms with Crippen LogP contribution in [0, 0.1) is 12.7 Å². The number of carbonyl (C=O) groups is 2. The number of nitrogens with one attached hydrogen (secondary N) is 2. The van der Waals surface area contributed by atoms with Gasteiger partial charge in [-0.2, -0.15) is 0 Å². The summed E-state index contributed by atoms with van der Waals surface area (Å²) in [5, 5.41) is 4.99. The molecule has 2 rings (SSSR count). The monoisotopic (exact) mass is 331 g/mol. The van der Waals surface area contributed by atoms with Gasteiger partial charge in [0, 0.05) is 0 Å². The van der Waals surface area contributed by atoms with Crippen LogP contribution in [-0.4, -0.2) is 25.0 Å². The first-order chi connectivity index (χ1) is 11.5. The molecule has 0 atom stereocenters. The van der Waals surface area contributed by atoms with Crippen molar-refractivity contribution >= 4 is 23.2 Å². The molecule has 0 unspecified atom stereocenters. The number of hydrogen-bond donors (Lipinski definition) is 3. The molecule has 0 bridgehead atoms. The van der Waals surface area contributed by atoms with E-state index in [2.05, 4.69) is 10.6 Å². The number of benzene rings is 2. The summed E-state index contributed by atoms with van der Waals surface area (Å²) >= 11 is 0. The van der Waals surface area contributed by atoms with Crippen LogP contribution in [0.25, 0.3) is 0 Å². The molecule has 0 spiro atoms. The van der Waals surface area contributed by atoms with Crippen molar-refractivity contribution in [3.05, 3.63) is 53.8 Å². The first kappa shape index (κ1) is 17.4. The van der Waals surface area contributed by atoms with Gasteiger partial charge in [-0.25, -0.2) is 4.39 Å². The molecule has 0 aliphatic rings. The average molecular weight is 331 g/mol. The molecule has 126 valence electrons. The fourth-order valence-electron chi connectivity index (χ4n) is 1.90. The molecule has 0 saturated heterocycles. The van der Waals surface area contributed by atoms with E-state index in [0.29, 0.717) is 5.75 Å². The Morgan fingerprint density at radius 3 is 2.38 bits per heavy atom. The Balaban J connectivity index is 2.00. The number of ether oxygens (including phenoxy) is 1. The van der Waals surface area contributed by atoms with E-state index in [1.165, 1.54) is 12.1 Å². The Kier molecular flexibility index (Phi) is 5.86. The third kappa shape index (κ3) is 5.06. The zero-order valence-corrected chi connectivity index (χ0v) is 13.1. The Morgan fingerprint density at radius 2 is 1.71 bits per heavy atom. The molecule has 2 aromatic rings. The van der Waals surface area contributed by atoms with Crippen molar-refractivity contribution in [1.29, 1.82) is 0 Å². The normalized spacial score (nSPS) is 10.1. The van der Waals surface area contributed by atoms with Gasteiger partial charge >= 0.3 is 0 Å². The molecule has 0 aliphatic carbocycles. The topological polar surface area (TPSA) is 93.5 Å². The highest BCUT2D eigenvalue weighted by Crippen LogP contribution is 2.22. The smallest absolute Gasteiger partial charge is 0.262 e. The molecular weight excluding hydrogens is 313 g/mol. The van der Waals surface area contributed by atoms with Crippen molar-refractivity contribution in [2.75, 3.05) is 23.8 Å². The van der Waals surface area contributed by atoms with E-state index in [4.69, 9.17) is 10.5 Å². The number of halogens is 1. The van der Waals surface area contributed by atoms with Crippen LogP contribution in [0.4, 0.5) is 15.8 Å². The Labute approximate surface area is 138 Å². The molecule has 0 aromatic heterocycles. The van der Waals surface area contributed by atoms with Crippen molar-refractivity contribution < 1.29 is 18.7 Å². The number of aryl methyl sites for hydroxylation is 1. The minimum Gasteiger partial charge on any atom is -0.484 e. The highest BCUT2D eigenvalue weighted by atomic mass is 19.1. The molecule has 0 heterocycles. The second kappa shape index (κ2) is 8.07. The van der Waals surface area contributed by atoms with Crippen LogP contribution in [0.5, 0.6) is 5.75 Å². The van der Waals surface area contributed by atoms with Crippen LogP contribution in [0.3, 0.4) is 0 Å². The zero-order chi connectivity index (χ0) is 17.5. The highest BCUT2D eigenvalue weighted by Gasteiger charge is 2.11. The van der Waals surface area contributed by atoms with Gasteiger partial charge in [-0.1, -0.05) is 17.7 Å². The second-order valence-corrected chi connectivity index (χ2v) is 5.09. The van der Waals surface area contributed by atoms with Crippen molar-refractivity contribution in [3.63, 3.8) is 0 Å². The SMILES string of the molecule is Cc1ccc(OCC(=O)Nc2ccc(F)cc2NC(=O)CN)cc1. The van der Waals surface area contributed by atoms with E-state index >= 15 is 0 Å². The first-order valence-corrected chi connectivity index (χ1v) is 7.26. The van der Waals surface area contributed by atoms with Gasteiger partial charge in [0.05, 0.1) is 17.9 Å². The maximum absolute atomic E-state index is 13.3. The van der Waals surface area contributed by atoms with E-state index in [0.717, 1.165) is 11.6 Å². The van der Waals surface area contributed by atoms with E-state index < -0.39 is 17.6 Å². The van der Waals surface area contributed by atoms with Crippen LogP contribution in [0.2, 0.25) is 0 Å². The Bertz CT molecular complexity index is 732. The number of anilines is 2. The molecule has 24 heavy (non-hydrogen) atoms. The van der Waals surface area contributed by atoms with Crippen LogP contribution in [-0.2, 0) is 9.59 Å². The summed E-state index contributed by atoms with van der Waals surface area (Å²) in [7, 11) is 0. The summed E-state index contributed by atoms with van der Waals surface area (Å²) in [6.07, 6.45) is 0. The first-order valence-electron chi connectivity index (χ1n) is 7.26. The lowest BCUT2D eigenvalue weighted by molar-refractivity contribution is -0.118. The lowest BCUT2D eigenvalue weighted by Crippen LogP contribution is -2.24. The van der Waals surface area contributed by atoms with Gasteiger partial charge in [0.15, 0.2) is 6.61 Å². The van der Waals surface area contributed by atoms with Gasteiger partial charge in [-0.3, -0.25) is 9.59 Å². The van der Waals surface area contributed by atoms with Gasteiger partial charge in [-0.15, -0.1) is 0 Å². The molecular formula is C17H18FN3O3. The van der Waals surface area contributed by atoms with E-state index in [1.54, 1.807) is 12.1 Å². The highest BCUT2D eigenvalue weighted by molar-refractivity contribution is 6.00. The third-order valence-corrected chi connectivity index (χ3v) is 3.11. The fourth-order valence-corrected chi connectivity index (χ4v) is 1.90. The van der Waals surface area contributed by atoms with Crippen molar-refractivity contribution in [2.24, 2.45) is 5.73 Å². The minimum atomic E-state index is -0.545. The van der Waals surface area contributed by atoms with Crippen molar-refractivity contribution in [2.45, 2.75) is 6.92 Å². The number of amides is 2. The largest absolute Gasteiger partial charge is 0.484 e. The van der Waals surface area contributed by atoms with Gasteiger partial charge in [0.1, 0.15) is 11.6 Å². The fraction of sp³-hybridized carbons (Fsp3) is 0.176. The number of carbonyl (C=O) groups excluding carboxylic acids is 2. The molecule has 0 aliphatic heterocycles. The van der Waals surface area contributed by atoms with Crippen molar-refractivity contribution in [1.82, 2.24) is 0 Å². The van der Waals surface area contributed by atoms with Crippen LogP contribution >= 0.6 is 0 Å². The average Bonchev–Trinajstić information content (AvgIpc) is 2.56. The molecule has 0 fully saturated rings. The molecule has 7 heteroatoms. The zero-order valence-electron chi connectivity index (χ0n) is 13.1. The van der Waals surface area contributed by atoms with E-state index in [1.807, 2.05) is 19.1 Å². The quantitative estimate of drug-likeness (QED) is 0.755. The van der Waals surface area contributed by atoms with Crippen molar-refractivity contribution in [3.8, 4) is 5.75 Å². The predicted octanol–water partition coefficient (Wildman–Crippen LogP) is 2.05. The predicted molar refractivity (Wildman–Crippen MR) is 89.4 cm³/mol. The summed E-state index contributed by atoms with van der Waals surface area (Å²) < 4.78 is 18.7.